The molecule has 0 aliphatic carbocycles. The first-order valence-electron chi connectivity index (χ1n) is 6.12. The molecule has 21 heavy (non-hydrogen) atoms. The summed E-state index contributed by atoms with van der Waals surface area (Å²) in [6.45, 7) is 0. The van der Waals surface area contributed by atoms with Crippen LogP contribution < -0.4 is 10.9 Å². The van der Waals surface area contributed by atoms with Crippen LogP contribution in [-0.4, -0.2) is 18.0 Å². The van der Waals surface area contributed by atoms with E-state index in [1.54, 1.807) is 34.7 Å². The molecule has 0 spiro atoms. The number of amidine groups is 1. The fraction of sp³-hybridized carbons (Fsp3) is 0.0714. The molecule has 0 aliphatic heterocycles. The highest BCUT2D eigenvalue weighted by atomic mass is 127. The van der Waals surface area contributed by atoms with Gasteiger partial charge in [-0.3, -0.25) is 10.9 Å². The molecule has 2 N–H and O–H groups in total. The molecule has 0 aliphatic rings. The van der Waals surface area contributed by atoms with Crippen LogP contribution in [-0.2, 0) is 10.0 Å². The number of alkyl halides is 1. The lowest BCUT2D eigenvalue weighted by Crippen LogP contribution is -2.31. The number of anilines is 1. The van der Waals surface area contributed by atoms with E-state index in [0.717, 1.165) is 5.69 Å². The summed E-state index contributed by atoms with van der Waals surface area (Å²) in [5, 5.41) is 0. The molecule has 110 valence electrons. The third-order valence-electron chi connectivity index (χ3n) is 2.51. The van der Waals surface area contributed by atoms with Crippen LogP contribution >= 0.6 is 22.6 Å². The Hall–Kier alpha value is -1.61. The number of nitrogens with zero attached hydrogens (tertiary/aromatic N) is 1. The van der Waals surface area contributed by atoms with Crippen LogP contribution in [0.4, 0.5) is 5.69 Å². The molecule has 0 radical (unpaired) electrons. The van der Waals surface area contributed by atoms with E-state index in [9.17, 15) is 8.42 Å². The number of hydrazine groups is 1. The molecule has 0 unspecified atom stereocenters. The Kier molecular flexibility index (Phi) is 5.57. The smallest absolute Gasteiger partial charge is 0.264 e. The summed E-state index contributed by atoms with van der Waals surface area (Å²) in [7, 11) is -3.50. The van der Waals surface area contributed by atoms with E-state index in [-0.39, 0.29) is 9.60 Å². The molecule has 7 heteroatoms. The average molecular weight is 415 g/mol. The monoisotopic (exact) mass is 415 g/mol. The third-order valence-corrected chi connectivity index (χ3v) is 5.61. The predicted octanol–water partition coefficient (Wildman–Crippen LogP) is 2.77. The van der Waals surface area contributed by atoms with E-state index < -0.39 is 10.0 Å². The molecule has 5 nitrogen and oxygen atoms in total. The zero-order valence-corrected chi connectivity index (χ0v) is 14.0. The van der Waals surface area contributed by atoms with Gasteiger partial charge in [0.05, 0.1) is 5.69 Å². The van der Waals surface area contributed by atoms with Crippen LogP contribution in [0, 0.1) is 0 Å². The van der Waals surface area contributed by atoms with Gasteiger partial charge in [-0.25, -0.2) is 8.42 Å². The van der Waals surface area contributed by atoms with Crippen LogP contribution in [0.15, 0.2) is 65.1 Å². The van der Waals surface area contributed by atoms with Crippen LogP contribution in [0.1, 0.15) is 5.56 Å². The highest BCUT2D eigenvalue weighted by molar-refractivity contribution is 14.1. The molecule has 0 saturated carbocycles. The minimum atomic E-state index is -3.50. The normalized spacial score (nSPS) is 12.0. The van der Waals surface area contributed by atoms with E-state index in [1.807, 2.05) is 48.5 Å². The van der Waals surface area contributed by atoms with Crippen molar-refractivity contribution in [2.45, 2.75) is 0 Å². The van der Waals surface area contributed by atoms with Crippen molar-refractivity contribution >= 4 is 44.1 Å². The van der Waals surface area contributed by atoms with Gasteiger partial charge in [0.2, 0.25) is 0 Å². The minimum Gasteiger partial charge on any atom is -0.300 e. The van der Waals surface area contributed by atoms with Crippen molar-refractivity contribution < 1.29 is 8.42 Å². The Balaban J connectivity index is 2.25. The zero-order chi connectivity index (χ0) is 15.1. The molecule has 0 fully saturated rings. The van der Waals surface area contributed by atoms with E-state index in [1.165, 1.54) is 0 Å². The van der Waals surface area contributed by atoms with E-state index in [2.05, 4.69) is 15.2 Å². The van der Waals surface area contributed by atoms with Gasteiger partial charge in [0, 0.05) is 5.56 Å². The SMILES string of the molecule is O=S(=O)(CI)/N=C(\NNc1ccccc1)c1ccccc1. The van der Waals surface area contributed by atoms with Gasteiger partial charge in [-0.1, -0.05) is 71.1 Å². The van der Waals surface area contributed by atoms with Gasteiger partial charge in [-0.2, -0.15) is 0 Å². The van der Waals surface area contributed by atoms with Gasteiger partial charge in [0.25, 0.3) is 10.0 Å². The van der Waals surface area contributed by atoms with E-state index in [0.29, 0.717) is 5.56 Å². The highest BCUT2D eigenvalue weighted by Crippen LogP contribution is 2.07. The third kappa shape index (κ3) is 5.01. The zero-order valence-electron chi connectivity index (χ0n) is 11.0. The lowest BCUT2D eigenvalue weighted by Gasteiger charge is -2.12. The Bertz CT molecular complexity index is 704. The van der Waals surface area contributed by atoms with E-state index >= 15 is 0 Å². The van der Waals surface area contributed by atoms with Gasteiger partial charge in [0.1, 0.15) is 3.76 Å². The van der Waals surface area contributed by atoms with Gasteiger partial charge >= 0.3 is 0 Å². The predicted molar refractivity (Wildman–Crippen MR) is 94.0 cm³/mol. The number of benzene rings is 2. The topological polar surface area (TPSA) is 70.6 Å². The lowest BCUT2D eigenvalue weighted by molar-refractivity contribution is 0.603. The summed E-state index contributed by atoms with van der Waals surface area (Å²) in [6, 6.07) is 18.5. The summed E-state index contributed by atoms with van der Waals surface area (Å²) in [5.74, 6) is 0.260. The van der Waals surface area contributed by atoms with Crippen molar-refractivity contribution in [1.82, 2.24) is 5.43 Å². The molecular formula is C14H14IN3O2S. The molecule has 0 bridgehead atoms. The van der Waals surface area contributed by atoms with Crippen molar-refractivity contribution in [3.05, 3.63) is 66.2 Å². The molecule has 2 aromatic carbocycles. The van der Waals surface area contributed by atoms with Crippen molar-refractivity contribution in [2.24, 2.45) is 4.40 Å². The van der Waals surface area contributed by atoms with Crippen molar-refractivity contribution in [1.29, 1.82) is 0 Å². The van der Waals surface area contributed by atoms with Crippen molar-refractivity contribution in [3.8, 4) is 0 Å². The fourth-order valence-corrected chi connectivity index (χ4v) is 2.46. The largest absolute Gasteiger partial charge is 0.300 e. The summed E-state index contributed by atoms with van der Waals surface area (Å²) >= 11 is 1.78. The Morgan fingerprint density at radius 3 is 2.14 bits per heavy atom. The van der Waals surface area contributed by atoms with Crippen LogP contribution in [0.2, 0.25) is 0 Å². The maximum atomic E-state index is 11.7. The Labute approximate surface area is 137 Å². The molecule has 0 heterocycles. The van der Waals surface area contributed by atoms with Gasteiger partial charge < -0.3 is 0 Å². The number of halogens is 1. The van der Waals surface area contributed by atoms with Crippen LogP contribution in [0.25, 0.3) is 0 Å². The average Bonchev–Trinajstić information content (AvgIpc) is 2.53. The number of rotatable bonds is 5. The fourth-order valence-electron chi connectivity index (χ4n) is 1.56. The highest BCUT2D eigenvalue weighted by Gasteiger charge is 2.10. The first-order valence-corrected chi connectivity index (χ1v) is 9.25. The molecule has 2 aromatic rings. The van der Waals surface area contributed by atoms with Crippen LogP contribution in [0.5, 0.6) is 0 Å². The second-order valence-electron chi connectivity index (χ2n) is 4.11. The molecular weight excluding hydrogens is 401 g/mol. The number of hydrogen-bond acceptors (Lipinski definition) is 3. The van der Waals surface area contributed by atoms with Gasteiger partial charge in [-0.15, -0.1) is 4.40 Å². The number of hydrogen-bond donors (Lipinski definition) is 2. The molecule has 0 saturated heterocycles. The lowest BCUT2D eigenvalue weighted by atomic mass is 10.2. The number of sulfonamides is 1. The summed E-state index contributed by atoms with van der Waals surface area (Å²) in [4.78, 5) is 0. The summed E-state index contributed by atoms with van der Waals surface area (Å²) in [5.41, 5.74) is 7.30. The van der Waals surface area contributed by atoms with Crippen LogP contribution in [0.3, 0.4) is 0 Å². The molecule has 0 aromatic heterocycles. The maximum absolute atomic E-state index is 11.7. The standard InChI is InChI=1S/C14H14IN3O2S/c15-11-21(19,20)18-14(12-7-3-1-4-8-12)17-16-13-9-5-2-6-10-13/h1-10,16H,11H2,(H,17,18). The number of para-hydroxylation sites is 1. The second-order valence-corrected chi connectivity index (χ2v) is 7.55. The second kappa shape index (κ2) is 7.41. The number of nitrogens with one attached hydrogen (secondary N) is 2. The van der Waals surface area contributed by atoms with Gasteiger partial charge in [0.15, 0.2) is 5.84 Å². The maximum Gasteiger partial charge on any atom is 0.264 e. The first-order chi connectivity index (χ1) is 10.1. The van der Waals surface area contributed by atoms with Crippen molar-refractivity contribution in [2.75, 3.05) is 9.19 Å². The van der Waals surface area contributed by atoms with Crippen molar-refractivity contribution in [3.63, 3.8) is 0 Å². The molecule has 0 amide bonds. The first kappa shape index (κ1) is 15.8. The summed E-state index contributed by atoms with van der Waals surface area (Å²) < 4.78 is 27.2. The quantitative estimate of drug-likeness (QED) is 0.259. The van der Waals surface area contributed by atoms with Gasteiger partial charge in [-0.05, 0) is 12.1 Å². The minimum absolute atomic E-state index is 0.0753. The van der Waals surface area contributed by atoms with E-state index in [4.69, 9.17) is 0 Å². The molecule has 2 rings (SSSR count). The Morgan fingerprint density at radius 1 is 1.00 bits per heavy atom. The summed E-state index contributed by atoms with van der Waals surface area (Å²) in [6.07, 6.45) is 0. The molecule has 0 atom stereocenters. The Morgan fingerprint density at radius 2 is 1.57 bits per heavy atom.